The highest BCUT2D eigenvalue weighted by atomic mass is 19.1. The van der Waals surface area contributed by atoms with Crippen LogP contribution in [0.2, 0.25) is 0 Å². The van der Waals surface area contributed by atoms with Crippen molar-refractivity contribution in [2.75, 3.05) is 20.2 Å². The molecular weight excluding hydrogens is 137 g/mol. The number of ether oxygens (including phenoxy) is 1. The van der Waals surface area contributed by atoms with Crippen molar-refractivity contribution in [2.45, 2.75) is 12.1 Å². The predicted molar refractivity (Wildman–Crippen MR) is 33.3 cm³/mol. The molecule has 0 aromatic heterocycles. The maximum absolute atomic E-state index is 13.2. The standard InChI is InChI=1S/C6H10FNO2/c1-10-5(9)6(7)2-3-8-4-6/h8H,2-4H2,1H3. The first-order valence-electron chi connectivity index (χ1n) is 3.17. The molecule has 1 aliphatic heterocycles. The van der Waals surface area contributed by atoms with Gasteiger partial charge in [0.05, 0.1) is 7.11 Å². The van der Waals surface area contributed by atoms with Crippen LogP contribution in [0.15, 0.2) is 0 Å². The van der Waals surface area contributed by atoms with Crippen LogP contribution in [0.4, 0.5) is 4.39 Å². The number of rotatable bonds is 1. The monoisotopic (exact) mass is 147 g/mol. The van der Waals surface area contributed by atoms with Gasteiger partial charge < -0.3 is 10.1 Å². The van der Waals surface area contributed by atoms with E-state index >= 15 is 0 Å². The molecule has 1 atom stereocenters. The van der Waals surface area contributed by atoms with Crippen LogP contribution in [0.25, 0.3) is 0 Å². The zero-order valence-corrected chi connectivity index (χ0v) is 5.82. The van der Waals surface area contributed by atoms with Gasteiger partial charge in [0, 0.05) is 13.0 Å². The Morgan fingerprint density at radius 1 is 1.80 bits per heavy atom. The summed E-state index contributed by atoms with van der Waals surface area (Å²) in [5.74, 6) is -0.766. The fourth-order valence-electron chi connectivity index (χ4n) is 1.02. The lowest BCUT2D eigenvalue weighted by Gasteiger charge is -2.13. The fourth-order valence-corrected chi connectivity index (χ4v) is 1.02. The summed E-state index contributed by atoms with van der Waals surface area (Å²) in [7, 11) is 1.20. The topological polar surface area (TPSA) is 38.3 Å². The van der Waals surface area contributed by atoms with Crippen LogP contribution in [-0.2, 0) is 9.53 Å². The highest BCUT2D eigenvalue weighted by Gasteiger charge is 2.42. The average molecular weight is 147 g/mol. The Morgan fingerprint density at radius 2 is 2.50 bits per heavy atom. The summed E-state index contributed by atoms with van der Waals surface area (Å²) >= 11 is 0. The van der Waals surface area contributed by atoms with Gasteiger partial charge in [0.15, 0.2) is 0 Å². The first kappa shape index (κ1) is 7.47. The Labute approximate surface area is 58.5 Å². The maximum atomic E-state index is 13.2. The molecule has 0 saturated carbocycles. The zero-order valence-electron chi connectivity index (χ0n) is 5.82. The van der Waals surface area contributed by atoms with E-state index in [2.05, 4.69) is 10.1 Å². The molecule has 1 aliphatic rings. The van der Waals surface area contributed by atoms with E-state index in [1.165, 1.54) is 7.11 Å². The quantitative estimate of drug-likeness (QED) is 0.525. The molecule has 1 saturated heterocycles. The van der Waals surface area contributed by atoms with Gasteiger partial charge >= 0.3 is 5.97 Å². The van der Waals surface area contributed by atoms with Gasteiger partial charge in [-0.3, -0.25) is 0 Å². The summed E-state index contributed by atoms with van der Waals surface area (Å²) in [6, 6.07) is 0. The third kappa shape index (κ3) is 1.11. The molecular formula is C6H10FNO2. The highest BCUT2D eigenvalue weighted by Crippen LogP contribution is 2.20. The van der Waals surface area contributed by atoms with Gasteiger partial charge in [-0.15, -0.1) is 0 Å². The van der Waals surface area contributed by atoms with Crippen molar-refractivity contribution in [1.29, 1.82) is 0 Å². The minimum absolute atomic E-state index is 0.0830. The normalized spacial score (nSPS) is 32.2. The van der Waals surface area contributed by atoms with E-state index < -0.39 is 11.6 Å². The molecule has 0 spiro atoms. The summed E-state index contributed by atoms with van der Waals surface area (Å²) in [6.45, 7) is 0.630. The molecule has 10 heavy (non-hydrogen) atoms. The number of alkyl halides is 1. The van der Waals surface area contributed by atoms with Gasteiger partial charge in [-0.1, -0.05) is 0 Å². The van der Waals surface area contributed by atoms with Crippen LogP contribution < -0.4 is 5.32 Å². The van der Waals surface area contributed by atoms with E-state index in [9.17, 15) is 9.18 Å². The van der Waals surface area contributed by atoms with Crippen molar-refractivity contribution in [1.82, 2.24) is 5.32 Å². The largest absolute Gasteiger partial charge is 0.467 e. The number of esters is 1. The van der Waals surface area contributed by atoms with Gasteiger partial charge in [-0.05, 0) is 6.54 Å². The predicted octanol–water partition coefficient (Wildman–Crippen LogP) is -0.139. The van der Waals surface area contributed by atoms with Gasteiger partial charge in [-0.25, -0.2) is 9.18 Å². The summed E-state index contributed by atoms with van der Waals surface area (Å²) in [4.78, 5) is 10.7. The molecule has 1 N–H and O–H groups in total. The average Bonchev–Trinajstić information content (AvgIpc) is 2.36. The lowest BCUT2D eigenvalue weighted by Crippen LogP contribution is -2.36. The number of carbonyl (C=O) groups is 1. The number of nitrogens with one attached hydrogen (secondary N) is 1. The van der Waals surface area contributed by atoms with Gasteiger partial charge in [0.25, 0.3) is 0 Å². The molecule has 0 aliphatic carbocycles. The van der Waals surface area contributed by atoms with E-state index in [4.69, 9.17) is 0 Å². The Kier molecular flexibility index (Phi) is 1.89. The van der Waals surface area contributed by atoms with Crippen LogP contribution in [0, 0.1) is 0 Å². The van der Waals surface area contributed by atoms with Crippen molar-refractivity contribution in [3.8, 4) is 0 Å². The Hall–Kier alpha value is -0.640. The molecule has 0 aromatic carbocycles. The lowest BCUT2D eigenvalue weighted by atomic mass is 10.1. The third-order valence-corrected chi connectivity index (χ3v) is 1.65. The summed E-state index contributed by atoms with van der Waals surface area (Å²) in [6.07, 6.45) is 0.222. The van der Waals surface area contributed by atoms with Crippen molar-refractivity contribution in [2.24, 2.45) is 0 Å². The number of hydrogen-bond acceptors (Lipinski definition) is 3. The Morgan fingerprint density at radius 3 is 2.90 bits per heavy atom. The molecule has 0 aromatic rings. The molecule has 4 heteroatoms. The second kappa shape index (κ2) is 2.54. The van der Waals surface area contributed by atoms with Crippen LogP contribution in [0.3, 0.4) is 0 Å². The molecule has 58 valence electrons. The number of methoxy groups -OCH3 is 1. The number of halogens is 1. The van der Waals surface area contributed by atoms with Gasteiger partial charge in [0.2, 0.25) is 5.67 Å². The zero-order chi connectivity index (χ0) is 7.61. The van der Waals surface area contributed by atoms with Crippen LogP contribution >= 0.6 is 0 Å². The van der Waals surface area contributed by atoms with Gasteiger partial charge in [0.1, 0.15) is 0 Å². The van der Waals surface area contributed by atoms with Crippen molar-refractivity contribution < 1.29 is 13.9 Å². The minimum Gasteiger partial charge on any atom is -0.467 e. The van der Waals surface area contributed by atoms with E-state index in [1.54, 1.807) is 0 Å². The second-order valence-corrected chi connectivity index (χ2v) is 2.38. The minimum atomic E-state index is -1.77. The lowest BCUT2D eigenvalue weighted by molar-refractivity contribution is -0.153. The first-order valence-corrected chi connectivity index (χ1v) is 3.17. The smallest absolute Gasteiger partial charge is 0.345 e. The Bertz CT molecular complexity index is 143. The molecule has 1 heterocycles. The van der Waals surface area contributed by atoms with Crippen LogP contribution in [0.5, 0.6) is 0 Å². The van der Waals surface area contributed by atoms with Crippen LogP contribution in [-0.4, -0.2) is 31.8 Å². The maximum Gasteiger partial charge on any atom is 0.345 e. The highest BCUT2D eigenvalue weighted by molar-refractivity contribution is 5.80. The molecule has 3 nitrogen and oxygen atoms in total. The van der Waals surface area contributed by atoms with E-state index in [0.717, 1.165) is 0 Å². The van der Waals surface area contributed by atoms with E-state index in [-0.39, 0.29) is 13.0 Å². The van der Waals surface area contributed by atoms with Crippen molar-refractivity contribution in [3.63, 3.8) is 0 Å². The molecule has 0 radical (unpaired) electrons. The summed E-state index contributed by atoms with van der Waals surface area (Å²) in [5, 5.41) is 2.75. The summed E-state index contributed by atoms with van der Waals surface area (Å²) in [5.41, 5.74) is -1.77. The van der Waals surface area contributed by atoms with Crippen LogP contribution in [0.1, 0.15) is 6.42 Å². The van der Waals surface area contributed by atoms with E-state index in [0.29, 0.717) is 6.54 Å². The van der Waals surface area contributed by atoms with Crippen molar-refractivity contribution >= 4 is 5.97 Å². The molecule has 1 unspecified atom stereocenters. The molecule has 0 bridgehead atoms. The number of hydrogen-bond donors (Lipinski definition) is 1. The van der Waals surface area contributed by atoms with Gasteiger partial charge in [-0.2, -0.15) is 0 Å². The first-order chi connectivity index (χ1) is 4.69. The third-order valence-electron chi connectivity index (χ3n) is 1.65. The Balaban J connectivity index is 2.58. The number of carbonyl (C=O) groups excluding carboxylic acids is 1. The molecule has 0 amide bonds. The fraction of sp³-hybridized carbons (Fsp3) is 0.833. The second-order valence-electron chi connectivity index (χ2n) is 2.38. The van der Waals surface area contributed by atoms with E-state index in [1.807, 2.05) is 0 Å². The van der Waals surface area contributed by atoms with Crippen molar-refractivity contribution in [3.05, 3.63) is 0 Å². The SMILES string of the molecule is COC(=O)C1(F)CCNC1. The molecule has 1 fully saturated rings. The summed E-state index contributed by atoms with van der Waals surface area (Å²) < 4.78 is 17.5. The molecule has 1 rings (SSSR count).